The van der Waals surface area contributed by atoms with Gasteiger partial charge in [-0.25, -0.2) is 0 Å². The Morgan fingerprint density at radius 3 is 2.60 bits per heavy atom. The summed E-state index contributed by atoms with van der Waals surface area (Å²) in [5, 5.41) is 0.628. The lowest BCUT2D eigenvalue weighted by Gasteiger charge is -2.28. The van der Waals surface area contributed by atoms with Crippen LogP contribution in [0.3, 0.4) is 0 Å². The van der Waals surface area contributed by atoms with Gasteiger partial charge in [-0.2, -0.15) is 0 Å². The van der Waals surface area contributed by atoms with E-state index in [9.17, 15) is 4.79 Å². The summed E-state index contributed by atoms with van der Waals surface area (Å²) in [5.74, 6) is 2.24. The fourth-order valence-electron chi connectivity index (χ4n) is 3.08. The Kier molecular flexibility index (Phi) is 4.15. The monoisotopic (exact) mass is 336 g/mol. The molecular formula is C20H20N2O3. The van der Waals surface area contributed by atoms with Gasteiger partial charge >= 0.3 is 0 Å². The van der Waals surface area contributed by atoms with Crippen LogP contribution < -0.4 is 15.1 Å². The van der Waals surface area contributed by atoms with Crippen molar-refractivity contribution < 1.29 is 9.47 Å². The second-order valence-corrected chi connectivity index (χ2v) is 6.16. The molecule has 1 N–H and O–H groups in total. The van der Waals surface area contributed by atoms with Gasteiger partial charge < -0.3 is 19.4 Å². The molecular weight excluding hydrogens is 316 g/mol. The highest BCUT2D eigenvalue weighted by Gasteiger charge is 2.15. The van der Waals surface area contributed by atoms with Crippen LogP contribution in [0.15, 0.2) is 53.3 Å². The van der Waals surface area contributed by atoms with Crippen LogP contribution >= 0.6 is 0 Å². The van der Waals surface area contributed by atoms with E-state index in [0.717, 1.165) is 35.7 Å². The molecule has 2 heterocycles. The number of ether oxygens (including phenoxy) is 2. The van der Waals surface area contributed by atoms with Crippen LogP contribution in [0.25, 0.3) is 10.9 Å². The molecule has 0 amide bonds. The maximum Gasteiger partial charge on any atom is 0.191 e. The predicted octanol–water partition coefficient (Wildman–Crippen LogP) is 3.47. The lowest BCUT2D eigenvalue weighted by Crippen LogP contribution is -2.37. The smallest absolute Gasteiger partial charge is 0.191 e. The normalized spacial score (nSPS) is 14.7. The van der Waals surface area contributed by atoms with E-state index in [-0.39, 0.29) is 5.43 Å². The Labute approximate surface area is 145 Å². The number of aromatic amines is 1. The van der Waals surface area contributed by atoms with Crippen LogP contribution in [0, 0.1) is 6.92 Å². The molecule has 1 aliphatic heterocycles. The Morgan fingerprint density at radius 2 is 1.80 bits per heavy atom. The summed E-state index contributed by atoms with van der Waals surface area (Å²) in [4.78, 5) is 18.1. The molecule has 0 spiro atoms. The van der Waals surface area contributed by atoms with Crippen LogP contribution in [0.5, 0.6) is 11.5 Å². The molecule has 4 rings (SSSR count). The molecule has 5 heteroatoms. The molecule has 0 saturated carbocycles. The highest BCUT2D eigenvalue weighted by Crippen LogP contribution is 2.30. The number of benzene rings is 2. The second kappa shape index (κ2) is 6.61. The number of morpholine rings is 1. The van der Waals surface area contributed by atoms with Crippen molar-refractivity contribution in [2.45, 2.75) is 6.92 Å². The van der Waals surface area contributed by atoms with Crippen molar-refractivity contribution in [2.75, 3.05) is 31.2 Å². The summed E-state index contributed by atoms with van der Waals surface area (Å²) >= 11 is 0. The number of nitrogens with one attached hydrogen (secondary N) is 1. The Bertz CT molecular complexity index is 959. The summed E-state index contributed by atoms with van der Waals surface area (Å²) in [6.07, 6.45) is 0. The highest BCUT2D eigenvalue weighted by atomic mass is 16.5. The number of aromatic nitrogens is 1. The van der Waals surface area contributed by atoms with Crippen LogP contribution in [0.4, 0.5) is 5.82 Å². The second-order valence-electron chi connectivity index (χ2n) is 6.16. The third kappa shape index (κ3) is 3.10. The standard InChI is InChI=1S/C20H20N2O3/c1-14-5-2-3-7-17(14)25-18-8-4-6-15-16(23)13-19(21-20(15)18)22-9-11-24-12-10-22/h2-8,13H,9-12H2,1H3,(H,21,23). The van der Waals surface area contributed by atoms with Gasteiger partial charge in [-0.1, -0.05) is 24.3 Å². The average Bonchev–Trinajstić information content (AvgIpc) is 2.65. The number of pyridine rings is 1. The number of H-pyrrole nitrogens is 1. The molecule has 0 bridgehead atoms. The molecule has 0 aliphatic carbocycles. The van der Waals surface area contributed by atoms with Crippen LogP contribution in [0.1, 0.15) is 5.56 Å². The number of anilines is 1. The zero-order valence-electron chi connectivity index (χ0n) is 14.1. The first kappa shape index (κ1) is 15.7. The van der Waals surface area contributed by atoms with Crippen molar-refractivity contribution in [3.8, 4) is 11.5 Å². The predicted molar refractivity (Wildman–Crippen MR) is 98.9 cm³/mol. The molecule has 1 aromatic heterocycles. The van der Waals surface area contributed by atoms with E-state index in [1.165, 1.54) is 0 Å². The lowest BCUT2D eigenvalue weighted by atomic mass is 10.2. The zero-order chi connectivity index (χ0) is 17.2. The number of para-hydroxylation sites is 2. The van der Waals surface area contributed by atoms with Crippen molar-refractivity contribution in [3.05, 3.63) is 64.3 Å². The number of hydrogen-bond acceptors (Lipinski definition) is 4. The first-order valence-corrected chi connectivity index (χ1v) is 8.44. The van der Waals surface area contributed by atoms with Crippen molar-refractivity contribution in [2.24, 2.45) is 0 Å². The van der Waals surface area contributed by atoms with Crippen molar-refractivity contribution in [1.82, 2.24) is 4.98 Å². The van der Waals surface area contributed by atoms with E-state index in [1.54, 1.807) is 6.07 Å². The Hall–Kier alpha value is -2.79. The van der Waals surface area contributed by atoms with Crippen LogP contribution in [0.2, 0.25) is 0 Å². The van der Waals surface area contributed by atoms with Gasteiger partial charge in [0.2, 0.25) is 0 Å². The SMILES string of the molecule is Cc1ccccc1Oc1cccc2c(=O)cc(N3CCOCC3)[nH]c12. The van der Waals surface area contributed by atoms with Gasteiger partial charge in [-0.05, 0) is 30.7 Å². The van der Waals surface area contributed by atoms with E-state index in [0.29, 0.717) is 24.3 Å². The van der Waals surface area contributed by atoms with Gasteiger partial charge in [-0.3, -0.25) is 4.79 Å². The summed E-state index contributed by atoms with van der Waals surface area (Å²) < 4.78 is 11.5. The number of fused-ring (bicyclic) bond motifs is 1. The van der Waals surface area contributed by atoms with E-state index >= 15 is 0 Å². The maximum absolute atomic E-state index is 12.6. The zero-order valence-corrected chi connectivity index (χ0v) is 14.1. The highest BCUT2D eigenvalue weighted by molar-refractivity contribution is 5.86. The van der Waals surface area contributed by atoms with E-state index in [4.69, 9.17) is 9.47 Å². The maximum atomic E-state index is 12.6. The summed E-state index contributed by atoms with van der Waals surface area (Å²) in [6.45, 7) is 4.87. The topological polar surface area (TPSA) is 54.6 Å². The Morgan fingerprint density at radius 1 is 1.04 bits per heavy atom. The molecule has 1 saturated heterocycles. The van der Waals surface area contributed by atoms with Gasteiger partial charge in [0.15, 0.2) is 11.2 Å². The van der Waals surface area contributed by atoms with E-state index < -0.39 is 0 Å². The first-order valence-electron chi connectivity index (χ1n) is 8.44. The van der Waals surface area contributed by atoms with Crippen molar-refractivity contribution in [1.29, 1.82) is 0 Å². The molecule has 5 nitrogen and oxygen atoms in total. The van der Waals surface area contributed by atoms with Gasteiger partial charge in [0.25, 0.3) is 0 Å². The van der Waals surface area contributed by atoms with Crippen molar-refractivity contribution >= 4 is 16.7 Å². The van der Waals surface area contributed by atoms with Gasteiger partial charge in [0.1, 0.15) is 11.6 Å². The molecule has 0 radical (unpaired) electrons. The lowest BCUT2D eigenvalue weighted by molar-refractivity contribution is 0.122. The molecule has 1 fully saturated rings. The molecule has 2 aromatic carbocycles. The van der Waals surface area contributed by atoms with E-state index in [1.807, 2.05) is 49.4 Å². The van der Waals surface area contributed by atoms with Gasteiger partial charge in [0, 0.05) is 24.5 Å². The third-order valence-corrected chi connectivity index (χ3v) is 4.48. The Balaban J connectivity index is 1.80. The third-order valence-electron chi connectivity index (χ3n) is 4.48. The van der Waals surface area contributed by atoms with E-state index in [2.05, 4.69) is 9.88 Å². The molecule has 0 atom stereocenters. The molecule has 25 heavy (non-hydrogen) atoms. The summed E-state index contributed by atoms with van der Waals surface area (Å²) in [6, 6.07) is 15.1. The first-order chi connectivity index (χ1) is 12.2. The van der Waals surface area contributed by atoms with Crippen LogP contribution in [-0.2, 0) is 4.74 Å². The number of hydrogen-bond donors (Lipinski definition) is 1. The molecule has 0 unspecified atom stereocenters. The minimum atomic E-state index is -0.00882. The van der Waals surface area contributed by atoms with Crippen molar-refractivity contribution in [3.63, 3.8) is 0 Å². The van der Waals surface area contributed by atoms with Gasteiger partial charge in [0.05, 0.1) is 18.7 Å². The molecule has 1 aliphatic rings. The molecule has 3 aromatic rings. The largest absolute Gasteiger partial charge is 0.455 e. The fraction of sp³-hybridized carbons (Fsp3) is 0.250. The fourth-order valence-corrected chi connectivity index (χ4v) is 3.08. The number of aryl methyl sites for hydroxylation is 1. The summed E-state index contributed by atoms with van der Waals surface area (Å²) in [7, 11) is 0. The summed E-state index contributed by atoms with van der Waals surface area (Å²) in [5.41, 5.74) is 1.76. The average molecular weight is 336 g/mol. The molecule has 128 valence electrons. The minimum absolute atomic E-state index is 0.00882. The van der Waals surface area contributed by atoms with Crippen LogP contribution in [-0.4, -0.2) is 31.3 Å². The quantitative estimate of drug-likeness (QED) is 0.796. The minimum Gasteiger partial charge on any atom is -0.455 e. The number of nitrogens with zero attached hydrogens (tertiary/aromatic N) is 1. The number of rotatable bonds is 3. The van der Waals surface area contributed by atoms with Gasteiger partial charge in [-0.15, -0.1) is 0 Å².